The van der Waals surface area contributed by atoms with Gasteiger partial charge in [-0.05, 0) is 31.5 Å². The normalized spacial score (nSPS) is 20.8. The summed E-state index contributed by atoms with van der Waals surface area (Å²) in [6.07, 6.45) is 1.18. The fourth-order valence-corrected chi connectivity index (χ4v) is 2.02. The van der Waals surface area contributed by atoms with Gasteiger partial charge >= 0.3 is 0 Å². The van der Waals surface area contributed by atoms with E-state index in [0.29, 0.717) is 12.0 Å². The monoisotopic (exact) mass is 220 g/mol. The number of hydrogen-bond acceptors (Lipinski definition) is 4. The number of rotatable bonds is 3. The first-order valence-corrected chi connectivity index (χ1v) is 5.96. The van der Waals surface area contributed by atoms with Gasteiger partial charge in [-0.3, -0.25) is 0 Å². The van der Waals surface area contributed by atoms with Crippen molar-refractivity contribution in [2.45, 2.75) is 32.2 Å². The summed E-state index contributed by atoms with van der Waals surface area (Å²) >= 11 is 0. The third-order valence-electron chi connectivity index (χ3n) is 3.18. The van der Waals surface area contributed by atoms with Gasteiger partial charge in [-0.1, -0.05) is 13.8 Å². The summed E-state index contributed by atoms with van der Waals surface area (Å²) in [5.41, 5.74) is 1.06. The molecular formula is C12H20N4. The van der Waals surface area contributed by atoms with Crippen molar-refractivity contribution in [1.82, 2.24) is 15.5 Å². The highest BCUT2D eigenvalue weighted by Crippen LogP contribution is 2.18. The number of aromatic nitrogens is 2. The maximum Gasteiger partial charge on any atom is 0.151 e. The number of hydrogen-bond donors (Lipinski definition) is 1. The van der Waals surface area contributed by atoms with E-state index >= 15 is 0 Å². The van der Waals surface area contributed by atoms with Crippen molar-refractivity contribution in [1.29, 1.82) is 0 Å². The first-order valence-electron chi connectivity index (χ1n) is 5.96. The second-order valence-electron chi connectivity index (χ2n) is 4.69. The topological polar surface area (TPSA) is 41.0 Å². The highest BCUT2D eigenvalue weighted by atomic mass is 15.3. The van der Waals surface area contributed by atoms with Crippen molar-refractivity contribution in [2.24, 2.45) is 0 Å². The average Bonchev–Trinajstić information content (AvgIpc) is 2.77. The molecule has 2 rings (SSSR count). The summed E-state index contributed by atoms with van der Waals surface area (Å²) in [6.45, 7) is 6.38. The number of anilines is 1. The van der Waals surface area contributed by atoms with Crippen LogP contribution >= 0.6 is 0 Å². The van der Waals surface area contributed by atoms with Crippen LogP contribution in [-0.4, -0.2) is 36.4 Å². The molecule has 0 amide bonds. The smallest absolute Gasteiger partial charge is 0.151 e. The van der Waals surface area contributed by atoms with Gasteiger partial charge in [0.15, 0.2) is 5.82 Å². The molecule has 1 saturated heterocycles. The van der Waals surface area contributed by atoms with Crippen molar-refractivity contribution in [2.75, 3.05) is 25.0 Å². The fraction of sp³-hybridized carbons (Fsp3) is 0.667. The van der Waals surface area contributed by atoms with Gasteiger partial charge in [0.25, 0.3) is 0 Å². The van der Waals surface area contributed by atoms with Crippen molar-refractivity contribution >= 4 is 5.82 Å². The van der Waals surface area contributed by atoms with Gasteiger partial charge in [0.05, 0.1) is 5.69 Å². The number of nitrogens with zero attached hydrogens (tertiary/aromatic N) is 3. The highest BCUT2D eigenvalue weighted by Gasteiger charge is 2.22. The molecule has 16 heavy (non-hydrogen) atoms. The zero-order valence-electron chi connectivity index (χ0n) is 10.3. The minimum atomic E-state index is 0.449. The second kappa shape index (κ2) is 4.78. The van der Waals surface area contributed by atoms with Crippen LogP contribution in [0.2, 0.25) is 0 Å². The standard InChI is InChI=1S/C12H20N4/c1-9(2)11-4-5-12(15-14-11)16-7-6-10(8-16)13-3/h4-5,9-10,13H,6-8H2,1-3H3. The molecule has 0 aromatic carbocycles. The number of nitrogens with one attached hydrogen (secondary N) is 1. The van der Waals surface area contributed by atoms with Crippen LogP contribution in [0.1, 0.15) is 31.9 Å². The number of likely N-dealkylation sites (N-methyl/N-ethyl adjacent to an activating group) is 1. The van der Waals surface area contributed by atoms with Gasteiger partial charge in [0.1, 0.15) is 0 Å². The Hall–Kier alpha value is -1.16. The largest absolute Gasteiger partial charge is 0.354 e. The van der Waals surface area contributed by atoms with Gasteiger partial charge in [0, 0.05) is 19.1 Å². The van der Waals surface area contributed by atoms with Gasteiger partial charge in [-0.2, -0.15) is 5.10 Å². The van der Waals surface area contributed by atoms with Crippen LogP contribution in [0.4, 0.5) is 5.82 Å². The van der Waals surface area contributed by atoms with Crippen LogP contribution in [0, 0.1) is 0 Å². The Morgan fingerprint density at radius 2 is 2.19 bits per heavy atom. The van der Waals surface area contributed by atoms with Crippen LogP contribution in [0.25, 0.3) is 0 Å². The summed E-state index contributed by atoms with van der Waals surface area (Å²) in [6, 6.07) is 4.76. The molecule has 0 bridgehead atoms. The third-order valence-corrected chi connectivity index (χ3v) is 3.18. The lowest BCUT2D eigenvalue weighted by Gasteiger charge is -2.17. The molecule has 1 aliphatic heterocycles. The van der Waals surface area contributed by atoms with E-state index in [4.69, 9.17) is 0 Å². The molecule has 0 spiro atoms. The Morgan fingerprint density at radius 3 is 2.69 bits per heavy atom. The molecule has 1 aliphatic rings. The zero-order chi connectivity index (χ0) is 11.5. The molecule has 0 aliphatic carbocycles. The van der Waals surface area contributed by atoms with E-state index in [1.54, 1.807) is 0 Å². The fourth-order valence-electron chi connectivity index (χ4n) is 2.02. The van der Waals surface area contributed by atoms with Crippen molar-refractivity contribution < 1.29 is 0 Å². The van der Waals surface area contributed by atoms with Crippen LogP contribution in [-0.2, 0) is 0 Å². The van der Waals surface area contributed by atoms with E-state index in [2.05, 4.69) is 46.4 Å². The van der Waals surface area contributed by atoms with E-state index in [1.807, 2.05) is 7.05 Å². The molecule has 88 valence electrons. The van der Waals surface area contributed by atoms with Crippen molar-refractivity contribution in [3.63, 3.8) is 0 Å². The molecule has 1 N–H and O–H groups in total. The van der Waals surface area contributed by atoms with Crippen LogP contribution in [0.3, 0.4) is 0 Å². The lowest BCUT2D eigenvalue weighted by molar-refractivity contribution is 0.616. The molecule has 1 unspecified atom stereocenters. The van der Waals surface area contributed by atoms with Gasteiger partial charge in [-0.25, -0.2) is 0 Å². The van der Waals surface area contributed by atoms with Crippen molar-refractivity contribution in [3.05, 3.63) is 17.8 Å². The molecule has 2 heterocycles. The maximum atomic E-state index is 4.30. The lowest BCUT2D eigenvalue weighted by Crippen LogP contribution is -2.30. The lowest BCUT2D eigenvalue weighted by atomic mass is 10.1. The Labute approximate surface area is 97.1 Å². The zero-order valence-corrected chi connectivity index (χ0v) is 10.3. The Bertz CT molecular complexity index is 333. The second-order valence-corrected chi connectivity index (χ2v) is 4.69. The van der Waals surface area contributed by atoms with E-state index in [0.717, 1.165) is 24.6 Å². The molecule has 4 nitrogen and oxygen atoms in total. The summed E-state index contributed by atoms with van der Waals surface area (Å²) in [7, 11) is 2.02. The van der Waals surface area contributed by atoms with Crippen molar-refractivity contribution in [3.8, 4) is 0 Å². The average molecular weight is 220 g/mol. The summed E-state index contributed by atoms with van der Waals surface area (Å²) in [5.74, 6) is 1.45. The maximum absolute atomic E-state index is 4.30. The minimum Gasteiger partial charge on any atom is -0.354 e. The van der Waals surface area contributed by atoms with Gasteiger partial charge in [0.2, 0.25) is 0 Å². The SMILES string of the molecule is CNC1CCN(c2ccc(C(C)C)nn2)C1. The molecule has 4 heteroatoms. The van der Waals surface area contributed by atoms with Crippen LogP contribution < -0.4 is 10.2 Å². The van der Waals surface area contributed by atoms with E-state index in [-0.39, 0.29) is 0 Å². The molecule has 0 radical (unpaired) electrons. The molecular weight excluding hydrogens is 200 g/mol. The van der Waals surface area contributed by atoms with E-state index < -0.39 is 0 Å². The summed E-state index contributed by atoms with van der Waals surface area (Å²) < 4.78 is 0. The van der Waals surface area contributed by atoms with E-state index in [9.17, 15) is 0 Å². The molecule has 1 atom stereocenters. The first-order chi connectivity index (χ1) is 7.70. The first kappa shape index (κ1) is 11.3. The van der Waals surface area contributed by atoms with Gasteiger partial charge in [-0.15, -0.1) is 5.10 Å². The summed E-state index contributed by atoms with van der Waals surface area (Å²) in [5, 5.41) is 11.9. The molecule has 1 aromatic heterocycles. The Kier molecular flexibility index (Phi) is 3.39. The predicted octanol–water partition coefficient (Wildman–Crippen LogP) is 1.40. The molecule has 0 saturated carbocycles. The predicted molar refractivity (Wildman–Crippen MR) is 65.8 cm³/mol. The Morgan fingerprint density at radius 1 is 1.38 bits per heavy atom. The Balaban J connectivity index is 2.05. The van der Waals surface area contributed by atoms with Gasteiger partial charge < -0.3 is 10.2 Å². The van der Waals surface area contributed by atoms with Crippen LogP contribution in [0.5, 0.6) is 0 Å². The quantitative estimate of drug-likeness (QED) is 0.836. The minimum absolute atomic E-state index is 0.449. The van der Waals surface area contributed by atoms with E-state index in [1.165, 1.54) is 6.42 Å². The van der Waals surface area contributed by atoms with Crippen LogP contribution in [0.15, 0.2) is 12.1 Å². The molecule has 1 fully saturated rings. The third kappa shape index (κ3) is 2.32. The molecule has 1 aromatic rings. The summed E-state index contributed by atoms with van der Waals surface area (Å²) in [4.78, 5) is 2.29. The highest BCUT2D eigenvalue weighted by molar-refractivity contribution is 5.39.